The van der Waals surface area contributed by atoms with E-state index in [4.69, 9.17) is 9.47 Å². The third kappa shape index (κ3) is 8.74. The van der Waals surface area contributed by atoms with Gasteiger partial charge in [-0.15, -0.1) is 0 Å². The van der Waals surface area contributed by atoms with Gasteiger partial charge in [-0.05, 0) is 64.0 Å². The number of nitrogens with zero attached hydrogens (tertiary/aromatic N) is 1. The lowest BCUT2D eigenvalue weighted by Crippen LogP contribution is -2.56. The molecule has 0 heterocycles. The average Bonchev–Trinajstić information content (AvgIpc) is 3.55. The molecule has 0 aromatic heterocycles. The fraction of sp³-hybridized carbons (Fsp3) is 0.655. The van der Waals surface area contributed by atoms with E-state index in [1.54, 1.807) is 32.6 Å². The van der Waals surface area contributed by atoms with Gasteiger partial charge in [-0.25, -0.2) is 4.79 Å². The lowest BCUT2D eigenvalue weighted by atomic mass is 9.94. The van der Waals surface area contributed by atoms with Crippen molar-refractivity contribution in [1.82, 2.24) is 15.5 Å². The lowest BCUT2D eigenvalue weighted by molar-refractivity contribution is -0.145. The predicted molar refractivity (Wildman–Crippen MR) is 145 cm³/mol. The van der Waals surface area contributed by atoms with Gasteiger partial charge in [-0.1, -0.05) is 51.5 Å². The molecule has 1 aliphatic rings. The van der Waals surface area contributed by atoms with Crippen LogP contribution in [0.4, 0.5) is 4.79 Å². The van der Waals surface area contributed by atoms with Crippen LogP contribution in [-0.2, 0) is 23.9 Å². The zero-order chi connectivity index (χ0) is 28.6. The summed E-state index contributed by atoms with van der Waals surface area (Å²) in [6.07, 6.45) is 0.750. The molecule has 9 nitrogen and oxygen atoms in total. The Bertz CT molecular complexity index is 989. The Morgan fingerprint density at radius 2 is 1.76 bits per heavy atom. The summed E-state index contributed by atoms with van der Waals surface area (Å²) in [7, 11) is 0. The molecule has 0 saturated heterocycles. The van der Waals surface area contributed by atoms with Crippen LogP contribution >= 0.6 is 0 Å². The molecule has 38 heavy (non-hydrogen) atoms. The smallest absolute Gasteiger partial charge is 0.408 e. The van der Waals surface area contributed by atoms with E-state index in [0.717, 1.165) is 12.0 Å². The molecule has 5 atom stereocenters. The van der Waals surface area contributed by atoms with E-state index in [0.29, 0.717) is 12.0 Å². The minimum Gasteiger partial charge on any atom is -0.466 e. The molecule has 3 amide bonds. The van der Waals surface area contributed by atoms with Crippen LogP contribution in [0.5, 0.6) is 0 Å². The summed E-state index contributed by atoms with van der Waals surface area (Å²) < 4.78 is 10.4. The van der Waals surface area contributed by atoms with Gasteiger partial charge >= 0.3 is 12.1 Å². The van der Waals surface area contributed by atoms with Gasteiger partial charge < -0.3 is 25.0 Å². The molecule has 1 fully saturated rings. The molecule has 0 spiro atoms. The van der Waals surface area contributed by atoms with E-state index in [9.17, 15) is 19.2 Å². The maximum absolute atomic E-state index is 14.3. The molecule has 1 aliphatic carbocycles. The molecule has 2 rings (SSSR count). The van der Waals surface area contributed by atoms with Gasteiger partial charge in [-0.3, -0.25) is 14.4 Å². The quantitative estimate of drug-likeness (QED) is 0.389. The molecule has 0 aliphatic heterocycles. The number of hydrogen-bond acceptors (Lipinski definition) is 6. The normalized spacial score (nSPS) is 18.9. The zero-order valence-electron chi connectivity index (χ0n) is 24.1. The maximum Gasteiger partial charge on any atom is 0.408 e. The first-order valence-electron chi connectivity index (χ1n) is 13.6. The Kier molecular flexibility index (Phi) is 11.2. The van der Waals surface area contributed by atoms with Crippen molar-refractivity contribution in [2.45, 2.75) is 98.4 Å². The van der Waals surface area contributed by atoms with Crippen molar-refractivity contribution in [3.63, 3.8) is 0 Å². The molecule has 1 saturated carbocycles. The minimum atomic E-state index is -0.923. The van der Waals surface area contributed by atoms with Crippen molar-refractivity contribution >= 4 is 23.9 Å². The summed E-state index contributed by atoms with van der Waals surface area (Å²) >= 11 is 0. The van der Waals surface area contributed by atoms with Crippen LogP contribution in [0.15, 0.2) is 24.3 Å². The second-order valence-corrected chi connectivity index (χ2v) is 11.1. The van der Waals surface area contributed by atoms with Crippen LogP contribution in [0.25, 0.3) is 0 Å². The second kappa shape index (κ2) is 13.6. The highest BCUT2D eigenvalue weighted by Crippen LogP contribution is 2.41. The van der Waals surface area contributed by atoms with E-state index in [1.165, 1.54) is 0 Å². The number of carbonyl (C=O) groups is 4. The van der Waals surface area contributed by atoms with Gasteiger partial charge in [0.1, 0.15) is 17.7 Å². The molecule has 0 radical (unpaired) electrons. The summed E-state index contributed by atoms with van der Waals surface area (Å²) in [5.41, 5.74) is 0.846. The largest absolute Gasteiger partial charge is 0.466 e. The third-order valence-electron chi connectivity index (χ3n) is 6.77. The number of nitrogens with one attached hydrogen (secondary N) is 2. The lowest BCUT2D eigenvalue weighted by Gasteiger charge is -2.37. The highest BCUT2D eigenvalue weighted by atomic mass is 16.6. The van der Waals surface area contributed by atoms with Crippen molar-refractivity contribution in [3.8, 4) is 0 Å². The fourth-order valence-corrected chi connectivity index (χ4v) is 4.38. The number of hydrogen-bond donors (Lipinski definition) is 2. The molecule has 9 heteroatoms. The summed E-state index contributed by atoms with van der Waals surface area (Å²) in [6, 6.07) is 5.51. The highest BCUT2D eigenvalue weighted by Gasteiger charge is 2.49. The molecular formula is C29H45N3O6. The number of carbonyl (C=O) groups excluding carboxylic acids is 4. The number of alkyl carbamates (subject to hydrolysis) is 1. The highest BCUT2D eigenvalue weighted by molar-refractivity contribution is 5.93. The van der Waals surface area contributed by atoms with E-state index in [-0.39, 0.29) is 49.3 Å². The van der Waals surface area contributed by atoms with Gasteiger partial charge in [0.25, 0.3) is 0 Å². The SMILES string of the molecule is CCOC(=O)CCNC(=O)C(c1ccccc1C)N(C(=O)C(NC(=O)OC(C)(C)C)C(C)CC)C1CC1C. The van der Waals surface area contributed by atoms with Crippen LogP contribution < -0.4 is 10.6 Å². The van der Waals surface area contributed by atoms with Gasteiger partial charge in [-0.2, -0.15) is 0 Å². The van der Waals surface area contributed by atoms with Crippen molar-refractivity contribution in [2.24, 2.45) is 11.8 Å². The average molecular weight is 532 g/mol. The van der Waals surface area contributed by atoms with Gasteiger partial charge in [0.15, 0.2) is 0 Å². The second-order valence-electron chi connectivity index (χ2n) is 11.1. The number of esters is 1. The standard InChI is InChI=1S/C29H45N3O6/c1-9-18(3)24(31-28(36)38-29(6,7)8)27(35)32(22-17-20(22)5)25(21-14-12-11-13-19(21)4)26(34)30-16-15-23(33)37-10-2/h11-14,18,20,22,24-25H,9-10,15-17H2,1-8H3,(H,30,34)(H,31,36). The first-order chi connectivity index (χ1) is 17.8. The number of ether oxygens (including phenoxy) is 2. The van der Waals surface area contributed by atoms with Gasteiger partial charge in [0.05, 0.1) is 13.0 Å². The summed E-state index contributed by atoms with van der Waals surface area (Å²) in [5, 5.41) is 5.63. The summed E-state index contributed by atoms with van der Waals surface area (Å²) in [5.74, 6) is -1.10. The summed E-state index contributed by atoms with van der Waals surface area (Å²) in [6.45, 7) is 15.2. The van der Waals surface area contributed by atoms with Crippen LogP contribution in [0, 0.1) is 18.8 Å². The first-order valence-corrected chi connectivity index (χ1v) is 13.6. The van der Waals surface area contributed by atoms with Crippen LogP contribution in [-0.4, -0.2) is 59.6 Å². The monoisotopic (exact) mass is 531 g/mol. The molecule has 212 valence electrons. The number of amides is 3. The van der Waals surface area contributed by atoms with E-state index in [1.807, 2.05) is 52.0 Å². The number of benzene rings is 1. The van der Waals surface area contributed by atoms with Crippen LogP contribution in [0.1, 0.15) is 84.9 Å². The third-order valence-corrected chi connectivity index (χ3v) is 6.77. The molecule has 1 aromatic carbocycles. The van der Waals surface area contributed by atoms with Crippen LogP contribution in [0.2, 0.25) is 0 Å². The first kappa shape index (κ1) is 31.1. The number of aryl methyl sites for hydroxylation is 1. The Morgan fingerprint density at radius 1 is 1.13 bits per heavy atom. The van der Waals surface area contributed by atoms with Crippen molar-refractivity contribution in [2.75, 3.05) is 13.2 Å². The van der Waals surface area contributed by atoms with Gasteiger partial charge in [0.2, 0.25) is 11.8 Å². The minimum absolute atomic E-state index is 0.0313. The molecular weight excluding hydrogens is 486 g/mol. The maximum atomic E-state index is 14.3. The Hall–Kier alpha value is -3.10. The van der Waals surface area contributed by atoms with Crippen LogP contribution in [0.3, 0.4) is 0 Å². The summed E-state index contributed by atoms with van der Waals surface area (Å²) in [4.78, 5) is 54.2. The van der Waals surface area contributed by atoms with Crippen molar-refractivity contribution in [1.29, 1.82) is 0 Å². The van der Waals surface area contributed by atoms with Crippen molar-refractivity contribution < 1.29 is 28.7 Å². The molecule has 5 unspecified atom stereocenters. The predicted octanol–water partition coefficient (Wildman–Crippen LogP) is 4.28. The van der Waals surface area contributed by atoms with E-state index >= 15 is 0 Å². The molecule has 1 aromatic rings. The van der Waals surface area contributed by atoms with E-state index in [2.05, 4.69) is 10.6 Å². The zero-order valence-corrected chi connectivity index (χ0v) is 24.1. The Morgan fingerprint density at radius 3 is 2.29 bits per heavy atom. The molecule has 0 bridgehead atoms. The topological polar surface area (TPSA) is 114 Å². The Balaban J connectivity index is 2.45. The molecule has 2 N–H and O–H groups in total. The fourth-order valence-electron chi connectivity index (χ4n) is 4.38. The number of rotatable bonds is 12. The van der Waals surface area contributed by atoms with E-state index < -0.39 is 29.7 Å². The Labute approximate surface area is 227 Å². The van der Waals surface area contributed by atoms with Crippen molar-refractivity contribution in [3.05, 3.63) is 35.4 Å². The van der Waals surface area contributed by atoms with Gasteiger partial charge in [0, 0.05) is 12.6 Å².